The molecule has 0 saturated carbocycles. The molecule has 0 aliphatic carbocycles. The van der Waals surface area contributed by atoms with Crippen LogP contribution in [0.5, 0.6) is 0 Å². The second-order valence-electron chi connectivity index (χ2n) is 6.31. The Hall–Kier alpha value is -0.160. The summed E-state index contributed by atoms with van der Waals surface area (Å²) in [6.07, 6.45) is 4.08. The molecule has 106 valence electrons. The van der Waals surface area contributed by atoms with Crippen LogP contribution in [-0.2, 0) is 0 Å². The van der Waals surface area contributed by atoms with Crippen LogP contribution < -0.4 is 5.32 Å². The van der Waals surface area contributed by atoms with Gasteiger partial charge in [0.1, 0.15) is 0 Å². The molecular formula is C14H29N3O. The van der Waals surface area contributed by atoms with Gasteiger partial charge in [-0.3, -0.25) is 4.90 Å². The van der Waals surface area contributed by atoms with Gasteiger partial charge < -0.3 is 15.3 Å². The van der Waals surface area contributed by atoms with Crippen molar-refractivity contribution in [3.63, 3.8) is 0 Å². The van der Waals surface area contributed by atoms with Gasteiger partial charge in [-0.2, -0.15) is 0 Å². The molecule has 2 fully saturated rings. The highest BCUT2D eigenvalue weighted by molar-refractivity contribution is 4.94. The quantitative estimate of drug-likeness (QED) is 0.745. The number of nitrogens with one attached hydrogen (secondary N) is 1. The molecule has 2 heterocycles. The molecule has 0 aromatic rings. The van der Waals surface area contributed by atoms with Gasteiger partial charge in [0.25, 0.3) is 0 Å². The summed E-state index contributed by atoms with van der Waals surface area (Å²) in [6.45, 7) is 9.38. The van der Waals surface area contributed by atoms with E-state index < -0.39 is 0 Å². The van der Waals surface area contributed by atoms with Gasteiger partial charge in [-0.15, -0.1) is 0 Å². The maximum Gasteiger partial charge on any atom is 0.0558 e. The molecule has 2 aliphatic rings. The Kier molecular flexibility index (Phi) is 5.01. The number of nitrogens with zero attached hydrogens (tertiary/aromatic N) is 2. The van der Waals surface area contributed by atoms with Crippen molar-refractivity contribution < 1.29 is 5.11 Å². The minimum absolute atomic E-state index is 0.263. The zero-order valence-corrected chi connectivity index (χ0v) is 12.0. The normalized spacial score (nSPS) is 26.0. The van der Waals surface area contributed by atoms with E-state index in [2.05, 4.69) is 29.1 Å². The molecule has 0 aromatic carbocycles. The Labute approximate surface area is 111 Å². The molecule has 18 heavy (non-hydrogen) atoms. The summed E-state index contributed by atoms with van der Waals surface area (Å²) in [7, 11) is 2.10. The minimum Gasteiger partial charge on any atom is -0.395 e. The van der Waals surface area contributed by atoms with E-state index in [9.17, 15) is 0 Å². The molecule has 1 atom stereocenters. The molecule has 0 unspecified atom stereocenters. The molecule has 1 spiro atoms. The number of likely N-dealkylation sites (N-methyl/N-ethyl adjacent to an activating group) is 1. The van der Waals surface area contributed by atoms with Crippen LogP contribution >= 0.6 is 0 Å². The van der Waals surface area contributed by atoms with Crippen LogP contribution in [0.4, 0.5) is 0 Å². The average molecular weight is 255 g/mol. The Morgan fingerprint density at radius 1 is 1.33 bits per heavy atom. The zero-order valence-electron chi connectivity index (χ0n) is 12.0. The van der Waals surface area contributed by atoms with Crippen molar-refractivity contribution in [2.75, 3.05) is 52.9 Å². The van der Waals surface area contributed by atoms with E-state index in [1.165, 1.54) is 45.4 Å². The van der Waals surface area contributed by atoms with Gasteiger partial charge in [-0.1, -0.05) is 0 Å². The maximum atomic E-state index is 8.95. The van der Waals surface area contributed by atoms with Crippen molar-refractivity contribution >= 4 is 0 Å². The van der Waals surface area contributed by atoms with E-state index >= 15 is 0 Å². The lowest BCUT2D eigenvalue weighted by atomic mass is 9.78. The lowest BCUT2D eigenvalue weighted by Gasteiger charge is -2.35. The molecule has 0 aromatic heterocycles. The van der Waals surface area contributed by atoms with E-state index in [4.69, 9.17) is 5.11 Å². The average Bonchev–Trinajstić information content (AvgIpc) is 2.74. The van der Waals surface area contributed by atoms with Crippen molar-refractivity contribution in [1.82, 2.24) is 15.1 Å². The summed E-state index contributed by atoms with van der Waals surface area (Å²) in [5.41, 5.74) is 0.606. The van der Waals surface area contributed by atoms with E-state index in [1.54, 1.807) is 0 Å². The molecule has 0 radical (unpaired) electrons. The van der Waals surface area contributed by atoms with Crippen molar-refractivity contribution in [2.24, 2.45) is 5.41 Å². The summed E-state index contributed by atoms with van der Waals surface area (Å²) in [4.78, 5) is 4.89. The van der Waals surface area contributed by atoms with E-state index in [0.29, 0.717) is 11.5 Å². The molecule has 2 saturated heterocycles. The van der Waals surface area contributed by atoms with Gasteiger partial charge in [-0.05, 0) is 58.3 Å². The fourth-order valence-corrected chi connectivity index (χ4v) is 3.54. The van der Waals surface area contributed by atoms with Crippen molar-refractivity contribution in [3.8, 4) is 0 Å². The molecule has 2 rings (SSSR count). The molecule has 0 bridgehead atoms. The summed E-state index contributed by atoms with van der Waals surface area (Å²) >= 11 is 0. The van der Waals surface area contributed by atoms with Gasteiger partial charge in [-0.25, -0.2) is 0 Å². The number of aliphatic hydroxyl groups is 1. The van der Waals surface area contributed by atoms with Gasteiger partial charge in [0.05, 0.1) is 6.61 Å². The number of aliphatic hydroxyl groups excluding tert-OH is 1. The smallest absolute Gasteiger partial charge is 0.0558 e. The third kappa shape index (κ3) is 3.44. The maximum absolute atomic E-state index is 8.95. The second-order valence-corrected chi connectivity index (χ2v) is 6.31. The third-order valence-corrected chi connectivity index (χ3v) is 4.81. The molecule has 4 nitrogen and oxygen atoms in total. The third-order valence-electron chi connectivity index (χ3n) is 4.81. The first kappa shape index (κ1) is 14.3. The summed E-state index contributed by atoms with van der Waals surface area (Å²) in [5.74, 6) is 0. The first-order chi connectivity index (χ1) is 8.65. The Morgan fingerprint density at radius 2 is 2.06 bits per heavy atom. The summed E-state index contributed by atoms with van der Waals surface area (Å²) in [5, 5.41) is 12.4. The molecular weight excluding hydrogens is 226 g/mol. The number of hydrogen-bond acceptors (Lipinski definition) is 4. The van der Waals surface area contributed by atoms with Crippen LogP contribution in [0.2, 0.25) is 0 Å². The molecule has 2 N–H and O–H groups in total. The Balaban J connectivity index is 1.80. The van der Waals surface area contributed by atoms with Gasteiger partial charge in [0.2, 0.25) is 0 Å². The van der Waals surface area contributed by atoms with Crippen LogP contribution in [0, 0.1) is 5.41 Å². The monoisotopic (exact) mass is 255 g/mol. The van der Waals surface area contributed by atoms with Crippen molar-refractivity contribution in [1.29, 1.82) is 0 Å². The van der Waals surface area contributed by atoms with E-state index in [1.807, 2.05) is 0 Å². The largest absolute Gasteiger partial charge is 0.395 e. The standard InChI is InChI=1S/C14H29N3O/c1-13(11-16(2)9-10-18)17-8-5-14(12-17)3-6-15-7-4-14/h13,15,18H,3-12H2,1-2H3/t13-/m0/s1. The SMILES string of the molecule is C[C@@H](CN(C)CCO)N1CCC2(CCNCC2)C1. The fourth-order valence-electron chi connectivity index (χ4n) is 3.54. The number of likely N-dealkylation sites (tertiary alicyclic amines) is 1. The fraction of sp³-hybridized carbons (Fsp3) is 1.00. The van der Waals surface area contributed by atoms with Crippen LogP contribution in [-0.4, -0.2) is 73.9 Å². The summed E-state index contributed by atoms with van der Waals surface area (Å²) in [6, 6.07) is 0.607. The second kappa shape index (κ2) is 6.33. The first-order valence-corrected chi connectivity index (χ1v) is 7.39. The van der Waals surface area contributed by atoms with Gasteiger partial charge >= 0.3 is 0 Å². The minimum atomic E-state index is 0.263. The highest BCUT2D eigenvalue weighted by atomic mass is 16.3. The highest BCUT2D eigenvalue weighted by Gasteiger charge is 2.40. The van der Waals surface area contributed by atoms with E-state index in [-0.39, 0.29) is 6.61 Å². The zero-order chi connectivity index (χ0) is 13.0. The molecule has 2 aliphatic heterocycles. The first-order valence-electron chi connectivity index (χ1n) is 7.39. The van der Waals surface area contributed by atoms with Crippen molar-refractivity contribution in [2.45, 2.75) is 32.2 Å². The predicted molar refractivity (Wildman–Crippen MR) is 74.8 cm³/mol. The highest BCUT2D eigenvalue weighted by Crippen LogP contribution is 2.39. The van der Waals surface area contributed by atoms with Gasteiger partial charge in [0.15, 0.2) is 0 Å². The number of rotatable bonds is 5. The van der Waals surface area contributed by atoms with Crippen LogP contribution in [0.3, 0.4) is 0 Å². The Morgan fingerprint density at radius 3 is 2.72 bits per heavy atom. The van der Waals surface area contributed by atoms with Crippen LogP contribution in [0.25, 0.3) is 0 Å². The lowest BCUT2D eigenvalue weighted by Crippen LogP contribution is -2.43. The van der Waals surface area contributed by atoms with Crippen LogP contribution in [0.1, 0.15) is 26.2 Å². The van der Waals surface area contributed by atoms with E-state index in [0.717, 1.165) is 13.1 Å². The predicted octanol–water partition coefficient (Wildman–Crippen LogP) is 0.375. The van der Waals surface area contributed by atoms with Crippen LogP contribution in [0.15, 0.2) is 0 Å². The molecule has 4 heteroatoms. The Bertz CT molecular complexity index is 253. The molecule has 0 amide bonds. The summed E-state index contributed by atoms with van der Waals surface area (Å²) < 4.78 is 0. The number of hydrogen-bond donors (Lipinski definition) is 2. The number of piperidine rings is 1. The van der Waals surface area contributed by atoms with Gasteiger partial charge in [0, 0.05) is 25.7 Å². The topological polar surface area (TPSA) is 38.7 Å². The lowest BCUT2D eigenvalue weighted by molar-refractivity contribution is 0.141. The van der Waals surface area contributed by atoms with Crippen molar-refractivity contribution in [3.05, 3.63) is 0 Å².